The van der Waals surface area contributed by atoms with Gasteiger partial charge in [0, 0.05) is 17.9 Å². The number of aryl methyl sites for hydroxylation is 2. The lowest BCUT2D eigenvalue weighted by Gasteiger charge is -2.14. The Bertz CT molecular complexity index is 778. The van der Waals surface area contributed by atoms with E-state index in [1.54, 1.807) is 0 Å². The molecule has 136 valence electrons. The first-order chi connectivity index (χ1) is 12.6. The summed E-state index contributed by atoms with van der Waals surface area (Å²) in [5.74, 6) is 0.257. The fourth-order valence-corrected chi connectivity index (χ4v) is 2.84. The maximum Gasteiger partial charge on any atom is 0.257 e. The van der Waals surface area contributed by atoms with Crippen LogP contribution in [0.5, 0.6) is 0 Å². The van der Waals surface area contributed by atoms with Gasteiger partial charge in [0.25, 0.3) is 5.91 Å². The highest BCUT2D eigenvalue weighted by Crippen LogP contribution is 2.13. The normalized spacial score (nSPS) is 17.2. The average Bonchev–Trinajstić information content (AvgIpc) is 3.14. The van der Waals surface area contributed by atoms with Crippen LogP contribution in [-0.4, -0.2) is 31.1 Å². The Hall–Kier alpha value is -2.66. The summed E-state index contributed by atoms with van der Waals surface area (Å²) in [6, 6.07) is 15.4. The topological polar surface area (TPSA) is 62.7 Å². The molecule has 3 rings (SSSR count). The van der Waals surface area contributed by atoms with E-state index in [2.05, 4.69) is 15.6 Å². The molecule has 2 N–H and O–H groups in total. The minimum absolute atomic E-state index is 0.126. The minimum atomic E-state index is -0.184. The van der Waals surface area contributed by atoms with Crippen LogP contribution in [0.15, 0.2) is 53.5 Å². The van der Waals surface area contributed by atoms with E-state index in [9.17, 15) is 4.79 Å². The van der Waals surface area contributed by atoms with E-state index in [1.165, 1.54) is 0 Å². The van der Waals surface area contributed by atoms with E-state index >= 15 is 0 Å². The molecule has 0 spiro atoms. The Morgan fingerprint density at radius 1 is 1.15 bits per heavy atom. The van der Waals surface area contributed by atoms with Gasteiger partial charge in [-0.05, 0) is 56.5 Å². The zero-order chi connectivity index (χ0) is 18.4. The van der Waals surface area contributed by atoms with Crippen LogP contribution in [0.1, 0.15) is 34.3 Å². The molecular weight excluding hydrogens is 326 g/mol. The molecule has 26 heavy (non-hydrogen) atoms. The van der Waals surface area contributed by atoms with Gasteiger partial charge in [0.05, 0.1) is 12.6 Å². The number of guanidine groups is 1. The lowest BCUT2D eigenvalue weighted by Crippen LogP contribution is -2.36. The fraction of sp³-hybridized carbons (Fsp3) is 0.333. The van der Waals surface area contributed by atoms with E-state index in [-0.39, 0.29) is 12.0 Å². The van der Waals surface area contributed by atoms with Crippen LogP contribution in [0.25, 0.3) is 0 Å². The SMILES string of the molecule is Cc1ccc(C(=O)NC(=NCC2CCCO2)Nc2cccc(C)c2)cc1. The van der Waals surface area contributed by atoms with Crippen molar-refractivity contribution in [2.24, 2.45) is 4.99 Å². The Morgan fingerprint density at radius 2 is 1.96 bits per heavy atom. The van der Waals surface area contributed by atoms with Crippen LogP contribution < -0.4 is 10.6 Å². The number of nitrogens with zero attached hydrogens (tertiary/aromatic N) is 1. The summed E-state index contributed by atoms with van der Waals surface area (Å²) < 4.78 is 5.63. The summed E-state index contributed by atoms with van der Waals surface area (Å²) >= 11 is 0. The summed E-state index contributed by atoms with van der Waals surface area (Å²) in [7, 11) is 0. The summed E-state index contributed by atoms with van der Waals surface area (Å²) in [5.41, 5.74) is 3.75. The Morgan fingerprint density at radius 3 is 2.65 bits per heavy atom. The van der Waals surface area contributed by atoms with Crippen molar-refractivity contribution in [2.45, 2.75) is 32.8 Å². The second kappa shape index (κ2) is 8.63. The number of benzene rings is 2. The smallest absolute Gasteiger partial charge is 0.257 e. The van der Waals surface area contributed by atoms with Crippen molar-refractivity contribution in [2.75, 3.05) is 18.5 Å². The average molecular weight is 351 g/mol. The molecule has 0 saturated carbocycles. The number of amides is 1. The number of anilines is 1. The van der Waals surface area contributed by atoms with E-state index in [4.69, 9.17) is 4.74 Å². The van der Waals surface area contributed by atoms with Crippen molar-refractivity contribution in [3.63, 3.8) is 0 Å². The van der Waals surface area contributed by atoms with E-state index in [0.29, 0.717) is 18.1 Å². The van der Waals surface area contributed by atoms with Crippen molar-refractivity contribution >= 4 is 17.6 Å². The molecule has 1 aliphatic heterocycles. The first-order valence-electron chi connectivity index (χ1n) is 8.98. The maximum atomic E-state index is 12.6. The molecule has 1 heterocycles. The summed E-state index contributed by atoms with van der Waals surface area (Å²) in [4.78, 5) is 17.1. The number of nitrogens with one attached hydrogen (secondary N) is 2. The zero-order valence-corrected chi connectivity index (χ0v) is 15.3. The van der Waals surface area contributed by atoms with Gasteiger partial charge < -0.3 is 10.1 Å². The Kier molecular flexibility index (Phi) is 6.02. The molecular formula is C21H25N3O2. The van der Waals surface area contributed by atoms with Crippen LogP contribution in [-0.2, 0) is 4.74 Å². The largest absolute Gasteiger partial charge is 0.376 e. The first kappa shape index (κ1) is 18.1. The van der Waals surface area contributed by atoms with Gasteiger partial charge in [0.15, 0.2) is 0 Å². The van der Waals surface area contributed by atoms with E-state index in [1.807, 2.05) is 62.4 Å². The third kappa shape index (κ3) is 5.17. The number of carbonyl (C=O) groups excluding carboxylic acids is 1. The van der Waals surface area contributed by atoms with Crippen molar-refractivity contribution in [3.05, 3.63) is 65.2 Å². The molecule has 1 amide bonds. The summed E-state index contributed by atoms with van der Waals surface area (Å²) in [6.45, 7) is 5.34. The molecule has 0 aliphatic carbocycles. The molecule has 5 heteroatoms. The number of rotatable bonds is 4. The quantitative estimate of drug-likeness (QED) is 0.652. The van der Waals surface area contributed by atoms with Crippen molar-refractivity contribution < 1.29 is 9.53 Å². The highest BCUT2D eigenvalue weighted by atomic mass is 16.5. The van der Waals surface area contributed by atoms with Gasteiger partial charge in [-0.2, -0.15) is 0 Å². The number of aliphatic imine (C=N–C) groups is 1. The van der Waals surface area contributed by atoms with Crippen LogP contribution >= 0.6 is 0 Å². The van der Waals surface area contributed by atoms with Crippen LogP contribution in [0.2, 0.25) is 0 Å². The van der Waals surface area contributed by atoms with Gasteiger partial charge in [-0.25, -0.2) is 4.99 Å². The molecule has 0 bridgehead atoms. The van der Waals surface area contributed by atoms with Crippen LogP contribution in [0.4, 0.5) is 5.69 Å². The monoisotopic (exact) mass is 351 g/mol. The summed E-state index contributed by atoms with van der Waals surface area (Å²) in [5, 5.41) is 6.11. The summed E-state index contributed by atoms with van der Waals surface area (Å²) in [6.07, 6.45) is 2.20. The number of carbonyl (C=O) groups is 1. The third-order valence-electron chi connectivity index (χ3n) is 4.30. The molecule has 1 saturated heterocycles. The third-order valence-corrected chi connectivity index (χ3v) is 4.30. The maximum absolute atomic E-state index is 12.6. The van der Waals surface area contributed by atoms with Crippen LogP contribution in [0.3, 0.4) is 0 Å². The van der Waals surface area contributed by atoms with Crippen molar-refractivity contribution in [1.29, 1.82) is 0 Å². The predicted octanol–water partition coefficient (Wildman–Crippen LogP) is 3.68. The lowest BCUT2D eigenvalue weighted by atomic mass is 10.1. The van der Waals surface area contributed by atoms with Crippen molar-refractivity contribution in [1.82, 2.24) is 5.32 Å². The molecule has 1 fully saturated rings. The standard InChI is InChI=1S/C21H25N3O2/c1-15-8-10-17(11-9-15)20(25)24-21(22-14-19-7-4-12-26-19)23-18-6-3-5-16(2)13-18/h3,5-6,8-11,13,19H,4,7,12,14H2,1-2H3,(H2,22,23,24,25). The Balaban J connectivity index is 1.73. The van der Waals surface area contributed by atoms with E-state index < -0.39 is 0 Å². The van der Waals surface area contributed by atoms with Gasteiger partial charge in [-0.15, -0.1) is 0 Å². The van der Waals surface area contributed by atoms with E-state index in [0.717, 1.165) is 36.3 Å². The van der Waals surface area contributed by atoms with Crippen molar-refractivity contribution in [3.8, 4) is 0 Å². The molecule has 1 aliphatic rings. The van der Waals surface area contributed by atoms with Gasteiger partial charge in [0.1, 0.15) is 0 Å². The zero-order valence-electron chi connectivity index (χ0n) is 15.3. The molecule has 0 aromatic heterocycles. The molecule has 5 nitrogen and oxygen atoms in total. The predicted molar refractivity (Wildman–Crippen MR) is 105 cm³/mol. The highest BCUT2D eigenvalue weighted by Gasteiger charge is 2.16. The van der Waals surface area contributed by atoms with Gasteiger partial charge in [0.2, 0.25) is 5.96 Å². The molecule has 1 unspecified atom stereocenters. The Labute approximate surface area is 154 Å². The number of hydrogen-bond acceptors (Lipinski definition) is 3. The minimum Gasteiger partial charge on any atom is -0.376 e. The molecule has 2 aromatic carbocycles. The first-order valence-corrected chi connectivity index (χ1v) is 8.98. The second-order valence-corrected chi connectivity index (χ2v) is 6.64. The molecule has 1 atom stereocenters. The molecule has 2 aromatic rings. The van der Waals surface area contributed by atoms with Crippen LogP contribution in [0, 0.1) is 13.8 Å². The van der Waals surface area contributed by atoms with Gasteiger partial charge in [-0.3, -0.25) is 10.1 Å². The fourth-order valence-electron chi connectivity index (χ4n) is 2.84. The van der Waals surface area contributed by atoms with Gasteiger partial charge in [-0.1, -0.05) is 29.8 Å². The van der Waals surface area contributed by atoms with Gasteiger partial charge >= 0.3 is 0 Å². The highest BCUT2D eigenvalue weighted by molar-refractivity contribution is 6.10. The lowest BCUT2D eigenvalue weighted by molar-refractivity contribution is 0.0975. The number of ether oxygens (including phenoxy) is 1. The molecule has 0 radical (unpaired) electrons. The second-order valence-electron chi connectivity index (χ2n) is 6.64. The number of hydrogen-bond donors (Lipinski definition) is 2.